The van der Waals surface area contributed by atoms with Gasteiger partial charge in [0.15, 0.2) is 5.43 Å². The molecule has 9 nitrogen and oxygen atoms in total. The molecule has 9 heteroatoms. The number of likely N-dealkylation sites (tertiary alicyclic amines) is 2. The molecule has 2 saturated heterocycles. The molecule has 0 bridgehead atoms. The number of ether oxygens (including phenoxy) is 1. The van der Waals surface area contributed by atoms with E-state index in [1.165, 1.54) is 14.1 Å². The van der Waals surface area contributed by atoms with Crippen LogP contribution >= 0.6 is 0 Å². The normalized spacial score (nSPS) is 31.3. The molecule has 0 spiro atoms. The van der Waals surface area contributed by atoms with Crippen molar-refractivity contribution in [2.24, 2.45) is 23.7 Å². The molecule has 1 saturated carbocycles. The molecule has 0 radical (unpaired) electrons. The van der Waals surface area contributed by atoms with E-state index in [1.54, 1.807) is 31.4 Å². The van der Waals surface area contributed by atoms with Gasteiger partial charge in [-0.05, 0) is 48.1 Å². The molecule has 2 aliphatic carbocycles. The zero-order valence-corrected chi connectivity index (χ0v) is 21.6. The molecule has 3 heterocycles. The van der Waals surface area contributed by atoms with Gasteiger partial charge in [0.05, 0.1) is 41.7 Å². The summed E-state index contributed by atoms with van der Waals surface area (Å²) in [6.07, 6.45) is 0.384. The zero-order valence-electron chi connectivity index (χ0n) is 21.6. The fraction of sp³-hybridized carbons (Fsp3) is 0.367. The topological polar surface area (TPSA) is 114 Å². The summed E-state index contributed by atoms with van der Waals surface area (Å²) in [4.78, 5) is 70.5. The first-order valence-corrected chi connectivity index (χ1v) is 13.1. The van der Waals surface area contributed by atoms with Gasteiger partial charge in [-0.1, -0.05) is 24.3 Å². The van der Waals surface area contributed by atoms with Crippen molar-refractivity contribution in [2.45, 2.75) is 24.2 Å². The Hall–Kier alpha value is -4.27. The summed E-state index contributed by atoms with van der Waals surface area (Å²) in [5, 5.41) is 0.317. The lowest BCUT2D eigenvalue weighted by Gasteiger charge is -2.47. The molecule has 7 atom stereocenters. The Kier molecular flexibility index (Phi) is 4.96. The lowest BCUT2D eigenvalue weighted by atomic mass is 9.53. The van der Waals surface area contributed by atoms with Crippen molar-refractivity contribution in [1.82, 2.24) is 9.80 Å². The standard InChI is InChI=1S/C30H26N2O7/c1-31-27(34)20-16(13-8-10-14(38-3)11-9-13)12-17-19(22(20)29(31)36)26-24(23-21(17)28(35)32(2)30(23)37)25(33)15-6-4-5-7-18(15)39-26/h4-11,16-17,19-23H,12H2,1-3H3. The quantitative estimate of drug-likeness (QED) is 0.472. The number of methoxy groups -OCH3 is 1. The summed E-state index contributed by atoms with van der Waals surface area (Å²) in [6, 6.07) is 14.2. The van der Waals surface area contributed by atoms with E-state index in [-0.39, 0.29) is 40.4 Å². The smallest absolute Gasteiger partial charge is 0.237 e. The Morgan fingerprint density at radius 1 is 0.769 bits per heavy atom. The van der Waals surface area contributed by atoms with Gasteiger partial charge in [-0.3, -0.25) is 33.8 Å². The number of imide groups is 2. The Labute approximate surface area is 223 Å². The molecule has 2 aromatic carbocycles. The highest BCUT2D eigenvalue weighted by atomic mass is 16.5. The molecule has 3 fully saturated rings. The molecule has 7 unspecified atom stereocenters. The first kappa shape index (κ1) is 23.8. The van der Waals surface area contributed by atoms with E-state index in [2.05, 4.69) is 0 Å². The Bertz CT molecular complexity index is 1660. The van der Waals surface area contributed by atoms with E-state index in [0.29, 0.717) is 23.1 Å². The molecule has 2 aliphatic heterocycles. The van der Waals surface area contributed by atoms with Crippen LogP contribution in [-0.2, 0) is 19.2 Å². The van der Waals surface area contributed by atoms with Gasteiger partial charge >= 0.3 is 0 Å². The number of hydrogen-bond acceptors (Lipinski definition) is 7. The third-order valence-corrected chi connectivity index (χ3v) is 9.48. The van der Waals surface area contributed by atoms with Crippen LogP contribution in [-0.4, -0.2) is 54.6 Å². The monoisotopic (exact) mass is 526 g/mol. The number of carbonyl (C=O) groups is 4. The van der Waals surface area contributed by atoms with Crippen molar-refractivity contribution in [1.29, 1.82) is 0 Å². The fourth-order valence-electron chi connectivity index (χ4n) is 7.72. The van der Waals surface area contributed by atoms with Crippen LogP contribution in [0.4, 0.5) is 0 Å². The second-order valence-electron chi connectivity index (χ2n) is 11.0. The van der Waals surface area contributed by atoms with E-state index in [9.17, 15) is 24.0 Å². The fourth-order valence-corrected chi connectivity index (χ4v) is 7.72. The van der Waals surface area contributed by atoms with Crippen LogP contribution in [0.2, 0.25) is 0 Å². The lowest BCUT2D eigenvalue weighted by Crippen LogP contribution is -2.48. The van der Waals surface area contributed by atoms with Crippen LogP contribution in [0.3, 0.4) is 0 Å². The highest BCUT2D eigenvalue weighted by Gasteiger charge is 2.66. The molecule has 1 aromatic heterocycles. The minimum atomic E-state index is -0.988. The average molecular weight is 527 g/mol. The highest BCUT2D eigenvalue weighted by molar-refractivity contribution is 6.09. The molecule has 3 aromatic rings. The minimum Gasteiger partial charge on any atom is -0.497 e. The van der Waals surface area contributed by atoms with Gasteiger partial charge in [0.25, 0.3) is 0 Å². The maximum atomic E-state index is 13.9. The Balaban J connectivity index is 1.49. The van der Waals surface area contributed by atoms with Crippen molar-refractivity contribution in [2.75, 3.05) is 21.2 Å². The third kappa shape index (κ3) is 2.98. The molecule has 4 aliphatic rings. The van der Waals surface area contributed by atoms with Gasteiger partial charge in [0, 0.05) is 20.0 Å². The van der Waals surface area contributed by atoms with E-state index in [0.717, 1.165) is 15.4 Å². The summed E-state index contributed by atoms with van der Waals surface area (Å²) in [7, 11) is 4.48. The maximum absolute atomic E-state index is 13.9. The van der Waals surface area contributed by atoms with E-state index in [1.807, 2.05) is 24.3 Å². The average Bonchev–Trinajstić information content (AvgIpc) is 3.32. The van der Waals surface area contributed by atoms with Crippen LogP contribution in [0.15, 0.2) is 57.7 Å². The third-order valence-electron chi connectivity index (χ3n) is 9.48. The summed E-state index contributed by atoms with van der Waals surface area (Å²) >= 11 is 0. The number of para-hydroxylation sites is 1. The van der Waals surface area contributed by atoms with Gasteiger partial charge in [0.2, 0.25) is 23.6 Å². The zero-order chi connectivity index (χ0) is 27.3. The molecule has 0 N–H and O–H groups in total. The van der Waals surface area contributed by atoms with Crippen molar-refractivity contribution in [3.05, 3.63) is 75.6 Å². The first-order chi connectivity index (χ1) is 18.7. The summed E-state index contributed by atoms with van der Waals surface area (Å²) in [5.74, 6) is -5.40. The number of fused-ring (bicyclic) bond motifs is 9. The van der Waals surface area contributed by atoms with Gasteiger partial charge in [0.1, 0.15) is 17.1 Å². The van der Waals surface area contributed by atoms with Crippen LogP contribution in [0.25, 0.3) is 11.0 Å². The Morgan fingerprint density at radius 3 is 2.13 bits per heavy atom. The number of carbonyl (C=O) groups excluding carboxylic acids is 4. The van der Waals surface area contributed by atoms with Crippen LogP contribution < -0.4 is 10.2 Å². The minimum absolute atomic E-state index is 0.152. The summed E-state index contributed by atoms with van der Waals surface area (Å²) in [6.45, 7) is 0. The summed E-state index contributed by atoms with van der Waals surface area (Å²) < 4.78 is 11.7. The van der Waals surface area contributed by atoms with Gasteiger partial charge in [-0.2, -0.15) is 0 Å². The number of nitrogens with zero attached hydrogens (tertiary/aromatic N) is 2. The number of amides is 4. The van der Waals surface area contributed by atoms with E-state index >= 15 is 0 Å². The molecular formula is C30H26N2O7. The predicted molar refractivity (Wildman–Crippen MR) is 138 cm³/mol. The van der Waals surface area contributed by atoms with Crippen LogP contribution in [0.1, 0.15) is 41.1 Å². The van der Waals surface area contributed by atoms with Crippen molar-refractivity contribution in [3.8, 4) is 5.75 Å². The molecule has 198 valence electrons. The second-order valence-corrected chi connectivity index (χ2v) is 11.0. The predicted octanol–water partition coefficient (Wildman–Crippen LogP) is 2.63. The van der Waals surface area contributed by atoms with E-state index < -0.39 is 41.4 Å². The number of likely N-dealkylation sites (N-methyl/N-ethyl adjacent to an activating group) is 1. The molecule has 4 amide bonds. The largest absolute Gasteiger partial charge is 0.497 e. The van der Waals surface area contributed by atoms with Crippen LogP contribution in [0.5, 0.6) is 5.75 Å². The number of rotatable bonds is 2. The molecule has 7 rings (SSSR count). The van der Waals surface area contributed by atoms with Crippen molar-refractivity contribution >= 4 is 34.6 Å². The number of benzene rings is 2. The first-order valence-electron chi connectivity index (χ1n) is 13.1. The Morgan fingerprint density at radius 2 is 1.41 bits per heavy atom. The van der Waals surface area contributed by atoms with Crippen LogP contribution in [0, 0.1) is 23.7 Å². The van der Waals surface area contributed by atoms with Gasteiger partial charge in [-0.25, -0.2) is 0 Å². The van der Waals surface area contributed by atoms with E-state index in [4.69, 9.17) is 9.15 Å². The number of hydrogen-bond donors (Lipinski definition) is 0. The van der Waals surface area contributed by atoms with Crippen molar-refractivity contribution in [3.63, 3.8) is 0 Å². The molecule has 39 heavy (non-hydrogen) atoms. The van der Waals surface area contributed by atoms with Gasteiger partial charge in [-0.15, -0.1) is 0 Å². The highest BCUT2D eigenvalue weighted by Crippen LogP contribution is 2.62. The SMILES string of the molecule is COc1ccc(C2CC3C4C(=O)N(C)C(=O)C4c4c(oc5ccccc5c4=O)C3C3C(=O)N(C)C(=O)C23)cc1. The lowest BCUT2D eigenvalue weighted by molar-refractivity contribution is -0.140. The molecular weight excluding hydrogens is 500 g/mol. The van der Waals surface area contributed by atoms with Gasteiger partial charge < -0.3 is 9.15 Å². The summed E-state index contributed by atoms with van der Waals surface area (Å²) in [5.41, 5.74) is 0.991. The van der Waals surface area contributed by atoms with Crippen molar-refractivity contribution < 1.29 is 28.3 Å². The second kappa shape index (κ2) is 8.11. The maximum Gasteiger partial charge on any atom is 0.237 e.